The lowest BCUT2D eigenvalue weighted by Gasteiger charge is -2.16. The highest BCUT2D eigenvalue weighted by Crippen LogP contribution is 2.25. The number of nitrogens with two attached hydrogens (primary N) is 1. The zero-order chi connectivity index (χ0) is 20.2. The van der Waals surface area contributed by atoms with Crippen LogP contribution in [0.1, 0.15) is 66.6 Å². The maximum atomic E-state index is 12.6. The standard InChI is InChI=1S/C21H28N2O3S/c1-14(2)17-7-10-19(20(13-17)15(3)4)21(24)23-12-11-16-5-8-18(9-6-16)27(22,25)26/h5-10,13-15H,11-12H2,1-4H3,(H,23,24)(H2,22,25,26). The molecule has 0 radical (unpaired) electrons. The summed E-state index contributed by atoms with van der Waals surface area (Å²) in [4.78, 5) is 12.7. The van der Waals surface area contributed by atoms with E-state index in [2.05, 4.69) is 39.1 Å². The molecule has 0 aliphatic carbocycles. The fourth-order valence-corrected chi connectivity index (χ4v) is 3.40. The van der Waals surface area contributed by atoms with Crippen molar-refractivity contribution in [2.45, 2.75) is 50.8 Å². The maximum absolute atomic E-state index is 12.6. The normalized spacial score (nSPS) is 11.8. The molecule has 3 N–H and O–H groups in total. The Hall–Kier alpha value is -2.18. The summed E-state index contributed by atoms with van der Waals surface area (Å²) >= 11 is 0. The van der Waals surface area contributed by atoms with Crippen LogP contribution in [0.5, 0.6) is 0 Å². The number of nitrogens with one attached hydrogen (secondary N) is 1. The van der Waals surface area contributed by atoms with Crippen molar-refractivity contribution >= 4 is 15.9 Å². The van der Waals surface area contributed by atoms with Gasteiger partial charge in [-0.2, -0.15) is 0 Å². The van der Waals surface area contributed by atoms with Crippen molar-refractivity contribution in [3.8, 4) is 0 Å². The van der Waals surface area contributed by atoms with Crippen LogP contribution in [-0.2, 0) is 16.4 Å². The molecule has 1 amide bonds. The summed E-state index contributed by atoms with van der Waals surface area (Å²) < 4.78 is 22.6. The van der Waals surface area contributed by atoms with Crippen molar-refractivity contribution in [2.24, 2.45) is 5.14 Å². The van der Waals surface area contributed by atoms with Crippen LogP contribution in [0.25, 0.3) is 0 Å². The summed E-state index contributed by atoms with van der Waals surface area (Å²) in [6.07, 6.45) is 0.609. The molecule has 0 fully saturated rings. The monoisotopic (exact) mass is 388 g/mol. The first-order valence-electron chi connectivity index (χ1n) is 9.13. The molecule has 0 unspecified atom stereocenters. The molecule has 0 bridgehead atoms. The second-order valence-electron chi connectivity index (χ2n) is 7.35. The summed E-state index contributed by atoms with van der Waals surface area (Å²) in [6.45, 7) is 8.92. The second kappa shape index (κ2) is 8.67. The van der Waals surface area contributed by atoms with Gasteiger partial charge in [0, 0.05) is 12.1 Å². The van der Waals surface area contributed by atoms with Gasteiger partial charge < -0.3 is 5.32 Å². The summed E-state index contributed by atoms with van der Waals surface area (Å²) in [5.41, 5.74) is 3.92. The molecule has 2 rings (SSSR count). The largest absolute Gasteiger partial charge is 0.352 e. The summed E-state index contributed by atoms with van der Waals surface area (Å²) in [6, 6.07) is 12.4. The van der Waals surface area contributed by atoms with Crippen LogP contribution in [0.4, 0.5) is 0 Å². The topological polar surface area (TPSA) is 89.3 Å². The SMILES string of the molecule is CC(C)c1ccc(C(=O)NCCc2ccc(S(N)(=O)=O)cc2)c(C(C)C)c1. The Kier molecular flexibility index (Phi) is 6.78. The van der Waals surface area contributed by atoms with Crippen LogP contribution in [0, 0.1) is 0 Å². The van der Waals surface area contributed by atoms with Gasteiger partial charge in [-0.25, -0.2) is 13.6 Å². The first-order valence-corrected chi connectivity index (χ1v) is 10.7. The van der Waals surface area contributed by atoms with Crippen molar-refractivity contribution < 1.29 is 13.2 Å². The Labute approximate surface area is 162 Å². The van der Waals surface area contributed by atoms with E-state index >= 15 is 0 Å². The van der Waals surface area contributed by atoms with Crippen molar-refractivity contribution in [1.29, 1.82) is 0 Å². The van der Waals surface area contributed by atoms with E-state index in [0.29, 0.717) is 24.4 Å². The lowest BCUT2D eigenvalue weighted by molar-refractivity contribution is 0.0953. The molecule has 146 valence electrons. The van der Waals surface area contributed by atoms with E-state index in [4.69, 9.17) is 5.14 Å². The van der Waals surface area contributed by atoms with Gasteiger partial charge in [0.2, 0.25) is 10.0 Å². The van der Waals surface area contributed by atoms with E-state index in [0.717, 1.165) is 11.1 Å². The zero-order valence-corrected chi connectivity index (χ0v) is 17.1. The van der Waals surface area contributed by atoms with E-state index < -0.39 is 10.0 Å². The summed E-state index contributed by atoms with van der Waals surface area (Å²) in [5.74, 6) is 0.588. The van der Waals surface area contributed by atoms with Crippen LogP contribution in [0.2, 0.25) is 0 Å². The highest BCUT2D eigenvalue weighted by molar-refractivity contribution is 7.89. The number of benzene rings is 2. The van der Waals surface area contributed by atoms with Gasteiger partial charge in [-0.15, -0.1) is 0 Å². The van der Waals surface area contributed by atoms with Crippen LogP contribution in [0.3, 0.4) is 0 Å². The van der Waals surface area contributed by atoms with Crippen LogP contribution >= 0.6 is 0 Å². The van der Waals surface area contributed by atoms with Crippen LogP contribution < -0.4 is 10.5 Å². The maximum Gasteiger partial charge on any atom is 0.251 e. The minimum Gasteiger partial charge on any atom is -0.352 e. The molecule has 0 saturated heterocycles. The fourth-order valence-electron chi connectivity index (χ4n) is 2.89. The lowest BCUT2D eigenvalue weighted by atomic mass is 9.91. The van der Waals surface area contributed by atoms with E-state index in [1.54, 1.807) is 12.1 Å². The van der Waals surface area contributed by atoms with Crippen LogP contribution in [-0.4, -0.2) is 20.9 Å². The third kappa shape index (κ3) is 5.65. The first-order chi connectivity index (χ1) is 12.6. The quantitative estimate of drug-likeness (QED) is 0.760. The number of hydrogen-bond donors (Lipinski definition) is 2. The van der Waals surface area contributed by atoms with Gasteiger partial charge in [0.05, 0.1) is 4.90 Å². The minimum absolute atomic E-state index is 0.0853. The molecular formula is C21H28N2O3S. The number of amides is 1. The Morgan fingerprint density at radius 3 is 2.15 bits per heavy atom. The number of carbonyl (C=O) groups is 1. The van der Waals surface area contributed by atoms with Gasteiger partial charge in [0.25, 0.3) is 5.91 Å². The Balaban J connectivity index is 2.03. The highest BCUT2D eigenvalue weighted by Gasteiger charge is 2.15. The van der Waals surface area contributed by atoms with Crippen molar-refractivity contribution in [2.75, 3.05) is 6.54 Å². The highest BCUT2D eigenvalue weighted by atomic mass is 32.2. The van der Waals surface area contributed by atoms with Crippen molar-refractivity contribution in [1.82, 2.24) is 5.32 Å². The third-order valence-electron chi connectivity index (χ3n) is 4.56. The van der Waals surface area contributed by atoms with E-state index in [-0.39, 0.29) is 16.7 Å². The van der Waals surface area contributed by atoms with Gasteiger partial charge in [-0.3, -0.25) is 4.79 Å². The molecule has 0 heterocycles. The lowest BCUT2D eigenvalue weighted by Crippen LogP contribution is -2.27. The molecule has 27 heavy (non-hydrogen) atoms. The number of primary sulfonamides is 1. The van der Waals surface area contributed by atoms with Crippen molar-refractivity contribution in [3.63, 3.8) is 0 Å². The molecule has 0 spiro atoms. The molecule has 0 aliphatic heterocycles. The molecule has 0 aliphatic rings. The Morgan fingerprint density at radius 1 is 1.00 bits per heavy atom. The molecule has 0 saturated carbocycles. The first kappa shape index (κ1) is 21.1. The van der Waals surface area contributed by atoms with Crippen molar-refractivity contribution in [3.05, 3.63) is 64.7 Å². The Bertz CT molecular complexity index is 902. The minimum atomic E-state index is -3.68. The van der Waals surface area contributed by atoms with Gasteiger partial charge >= 0.3 is 0 Å². The summed E-state index contributed by atoms with van der Waals surface area (Å²) in [5, 5.41) is 8.05. The van der Waals surface area contributed by atoms with E-state index in [9.17, 15) is 13.2 Å². The van der Waals surface area contributed by atoms with E-state index in [1.165, 1.54) is 17.7 Å². The van der Waals surface area contributed by atoms with Crippen LogP contribution in [0.15, 0.2) is 47.4 Å². The third-order valence-corrected chi connectivity index (χ3v) is 5.49. The predicted octanol–water partition coefficient (Wildman–Crippen LogP) is 3.55. The molecule has 5 nitrogen and oxygen atoms in total. The van der Waals surface area contributed by atoms with Gasteiger partial charge in [0.1, 0.15) is 0 Å². The number of carbonyl (C=O) groups excluding carboxylic acids is 1. The van der Waals surface area contributed by atoms with Gasteiger partial charge in [-0.1, -0.05) is 52.0 Å². The van der Waals surface area contributed by atoms with E-state index in [1.807, 2.05) is 12.1 Å². The molecule has 6 heteroatoms. The fraction of sp³-hybridized carbons (Fsp3) is 0.381. The average molecular weight is 389 g/mol. The smallest absolute Gasteiger partial charge is 0.251 e. The number of sulfonamides is 1. The number of hydrogen-bond acceptors (Lipinski definition) is 3. The zero-order valence-electron chi connectivity index (χ0n) is 16.3. The molecule has 2 aromatic rings. The predicted molar refractivity (Wildman–Crippen MR) is 108 cm³/mol. The van der Waals surface area contributed by atoms with Gasteiger partial charge in [0.15, 0.2) is 0 Å². The Morgan fingerprint density at radius 2 is 1.63 bits per heavy atom. The van der Waals surface area contributed by atoms with Gasteiger partial charge in [-0.05, 0) is 53.1 Å². The summed E-state index contributed by atoms with van der Waals surface area (Å²) in [7, 11) is -3.68. The number of rotatable bonds is 7. The molecule has 0 atom stereocenters. The molecule has 0 aromatic heterocycles. The molecule has 2 aromatic carbocycles. The second-order valence-corrected chi connectivity index (χ2v) is 8.91. The molecular weight excluding hydrogens is 360 g/mol. The average Bonchev–Trinajstić information content (AvgIpc) is 2.60.